The molecule has 3 amide bonds. The molecule has 102 valence electrons. The lowest BCUT2D eigenvalue weighted by molar-refractivity contribution is -0.120. The molecule has 2 rings (SSSR count). The summed E-state index contributed by atoms with van der Waals surface area (Å²) in [6, 6.07) is 4.50. The zero-order valence-corrected chi connectivity index (χ0v) is 11.5. The first-order chi connectivity index (χ1) is 9.02. The highest BCUT2D eigenvalue weighted by atomic mass is 35.5. The van der Waals surface area contributed by atoms with Crippen molar-refractivity contribution in [2.75, 3.05) is 11.9 Å². The van der Waals surface area contributed by atoms with E-state index < -0.39 is 6.03 Å². The number of urea groups is 1. The number of rotatable bonds is 4. The first kappa shape index (κ1) is 14.0. The van der Waals surface area contributed by atoms with E-state index in [1.165, 1.54) is 0 Å². The summed E-state index contributed by atoms with van der Waals surface area (Å²) < 4.78 is 0. The fourth-order valence-electron chi connectivity index (χ4n) is 1.47. The zero-order chi connectivity index (χ0) is 13.8. The van der Waals surface area contributed by atoms with Gasteiger partial charge in [0.05, 0.1) is 6.54 Å². The predicted octanol–water partition coefficient (Wildman–Crippen LogP) is 2.39. The van der Waals surface area contributed by atoms with Gasteiger partial charge in [-0.05, 0) is 31.0 Å². The van der Waals surface area contributed by atoms with E-state index in [1.54, 1.807) is 18.2 Å². The molecular weight excluding hydrogens is 289 g/mol. The Labute approximate surface area is 120 Å². The van der Waals surface area contributed by atoms with E-state index in [9.17, 15) is 9.59 Å². The second-order valence-corrected chi connectivity index (χ2v) is 5.18. The van der Waals surface area contributed by atoms with Crippen molar-refractivity contribution in [3.8, 4) is 0 Å². The number of hydrogen-bond donors (Lipinski definition) is 3. The van der Waals surface area contributed by atoms with Crippen LogP contribution in [0.25, 0.3) is 0 Å². The molecule has 0 saturated heterocycles. The molecule has 1 aliphatic carbocycles. The largest absolute Gasteiger partial charge is 0.352 e. The number of hydrogen-bond acceptors (Lipinski definition) is 2. The van der Waals surface area contributed by atoms with Gasteiger partial charge in [0.25, 0.3) is 0 Å². The third kappa shape index (κ3) is 4.96. The second-order valence-electron chi connectivity index (χ2n) is 4.31. The molecule has 1 aliphatic rings. The molecule has 0 aromatic heterocycles. The molecule has 0 unspecified atom stereocenters. The van der Waals surface area contributed by atoms with Crippen LogP contribution in [-0.2, 0) is 4.79 Å². The van der Waals surface area contributed by atoms with Gasteiger partial charge in [-0.1, -0.05) is 23.2 Å². The Morgan fingerprint density at radius 2 is 1.79 bits per heavy atom. The first-order valence-corrected chi connectivity index (χ1v) is 6.59. The molecule has 19 heavy (non-hydrogen) atoms. The molecule has 0 aliphatic heterocycles. The van der Waals surface area contributed by atoms with Crippen LogP contribution in [0.15, 0.2) is 18.2 Å². The van der Waals surface area contributed by atoms with Gasteiger partial charge in [-0.3, -0.25) is 4.79 Å². The Bertz CT molecular complexity index is 483. The van der Waals surface area contributed by atoms with E-state index in [-0.39, 0.29) is 18.5 Å². The third-order valence-electron chi connectivity index (χ3n) is 2.47. The molecule has 0 radical (unpaired) electrons. The predicted molar refractivity (Wildman–Crippen MR) is 74.6 cm³/mol. The van der Waals surface area contributed by atoms with Gasteiger partial charge in [0, 0.05) is 21.8 Å². The summed E-state index contributed by atoms with van der Waals surface area (Å²) in [7, 11) is 0. The molecule has 7 heteroatoms. The highest BCUT2D eigenvalue weighted by molar-refractivity contribution is 6.35. The molecule has 1 fully saturated rings. The van der Waals surface area contributed by atoms with Gasteiger partial charge < -0.3 is 16.0 Å². The van der Waals surface area contributed by atoms with Gasteiger partial charge in [0.15, 0.2) is 0 Å². The molecule has 0 bridgehead atoms. The van der Waals surface area contributed by atoms with Crippen LogP contribution < -0.4 is 16.0 Å². The van der Waals surface area contributed by atoms with Gasteiger partial charge in [-0.2, -0.15) is 0 Å². The number of nitrogens with one attached hydrogen (secondary N) is 3. The number of halogens is 2. The summed E-state index contributed by atoms with van der Waals surface area (Å²) in [6.45, 7) is -0.0589. The summed E-state index contributed by atoms with van der Waals surface area (Å²) >= 11 is 11.6. The molecule has 3 N–H and O–H groups in total. The summed E-state index contributed by atoms with van der Waals surface area (Å²) in [5.41, 5.74) is 0.470. The Kier molecular flexibility index (Phi) is 4.50. The number of anilines is 1. The van der Waals surface area contributed by atoms with Crippen molar-refractivity contribution in [3.05, 3.63) is 28.2 Å². The van der Waals surface area contributed by atoms with Crippen LogP contribution in [0.1, 0.15) is 12.8 Å². The summed E-state index contributed by atoms with van der Waals surface area (Å²) in [5, 5.41) is 8.62. The Morgan fingerprint density at radius 3 is 2.37 bits per heavy atom. The lowest BCUT2D eigenvalue weighted by Crippen LogP contribution is -2.39. The van der Waals surface area contributed by atoms with Crippen LogP contribution in [0.5, 0.6) is 0 Å². The normalized spacial score (nSPS) is 13.8. The maximum Gasteiger partial charge on any atom is 0.319 e. The lowest BCUT2D eigenvalue weighted by Gasteiger charge is -2.08. The standard InChI is InChI=1S/C12H13Cl2N3O2/c13-7-3-8(14)5-10(4-7)17-12(19)15-6-11(18)16-9-1-2-9/h3-5,9H,1-2,6H2,(H,16,18)(H2,15,17,19). The maximum absolute atomic E-state index is 11.6. The molecular formula is C12H13Cl2N3O2. The first-order valence-electron chi connectivity index (χ1n) is 5.83. The average Bonchev–Trinajstić information content (AvgIpc) is 3.09. The molecule has 5 nitrogen and oxygen atoms in total. The van der Waals surface area contributed by atoms with Crippen LogP contribution in [0, 0.1) is 0 Å². The highest BCUT2D eigenvalue weighted by Gasteiger charge is 2.23. The van der Waals surface area contributed by atoms with E-state index in [1.807, 2.05) is 0 Å². The average molecular weight is 302 g/mol. The SMILES string of the molecule is O=C(CNC(=O)Nc1cc(Cl)cc(Cl)c1)NC1CC1. The van der Waals surface area contributed by atoms with Gasteiger partial charge in [0.2, 0.25) is 5.91 Å². The minimum absolute atomic E-state index is 0.0589. The van der Waals surface area contributed by atoms with Gasteiger partial charge in [0.1, 0.15) is 0 Å². The van der Waals surface area contributed by atoms with Crippen LogP contribution in [-0.4, -0.2) is 24.5 Å². The van der Waals surface area contributed by atoms with E-state index in [4.69, 9.17) is 23.2 Å². The van der Waals surface area contributed by atoms with E-state index in [0.717, 1.165) is 12.8 Å². The third-order valence-corrected chi connectivity index (χ3v) is 2.91. The number of carbonyl (C=O) groups is 2. The zero-order valence-electron chi connectivity index (χ0n) is 10.0. The molecule has 0 spiro atoms. The van der Waals surface area contributed by atoms with Gasteiger partial charge >= 0.3 is 6.03 Å². The minimum Gasteiger partial charge on any atom is -0.352 e. The second kappa shape index (κ2) is 6.12. The van der Waals surface area contributed by atoms with Crippen molar-refractivity contribution in [2.24, 2.45) is 0 Å². The van der Waals surface area contributed by atoms with Crippen LogP contribution in [0.2, 0.25) is 10.0 Å². The topological polar surface area (TPSA) is 70.2 Å². The highest BCUT2D eigenvalue weighted by Crippen LogP contribution is 2.22. The monoisotopic (exact) mass is 301 g/mol. The van der Waals surface area contributed by atoms with Crippen LogP contribution in [0.4, 0.5) is 10.5 Å². The van der Waals surface area contributed by atoms with Gasteiger partial charge in [-0.15, -0.1) is 0 Å². The Balaban J connectivity index is 1.78. The van der Waals surface area contributed by atoms with Crippen molar-refractivity contribution in [1.29, 1.82) is 0 Å². The minimum atomic E-state index is -0.482. The Morgan fingerprint density at radius 1 is 1.16 bits per heavy atom. The van der Waals surface area contributed by atoms with Crippen LogP contribution in [0.3, 0.4) is 0 Å². The summed E-state index contributed by atoms with van der Waals surface area (Å²) in [6.07, 6.45) is 2.03. The van der Waals surface area contributed by atoms with E-state index >= 15 is 0 Å². The van der Waals surface area contributed by atoms with Crippen molar-refractivity contribution >= 4 is 40.8 Å². The molecule has 1 aromatic carbocycles. The molecule has 1 saturated carbocycles. The van der Waals surface area contributed by atoms with Gasteiger partial charge in [-0.25, -0.2) is 4.79 Å². The fourth-order valence-corrected chi connectivity index (χ4v) is 1.99. The molecule has 0 atom stereocenters. The van der Waals surface area contributed by atoms with Crippen molar-refractivity contribution in [1.82, 2.24) is 10.6 Å². The molecule has 0 heterocycles. The maximum atomic E-state index is 11.6. The Hall–Kier alpha value is -1.46. The van der Waals surface area contributed by atoms with E-state index in [0.29, 0.717) is 15.7 Å². The number of benzene rings is 1. The fraction of sp³-hybridized carbons (Fsp3) is 0.333. The van der Waals surface area contributed by atoms with Crippen molar-refractivity contribution < 1.29 is 9.59 Å². The lowest BCUT2D eigenvalue weighted by atomic mass is 10.3. The van der Waals surface area contributed by atoms with Crippen molar-refractivity contribution in [2.45, 2.75) is 18.9 Å². The molecule has 1 aromatic rings. The smallest absolute Gasteiger partial charge is 0.319 e. The quantitative estimate of drug-likeness (QED) is 0.799. The van der Waals surface area contributed by atoms with E-state index in [2.05, 4.69) is 16.0 Å². The van der Waals surface area contributed by atoms with Crippen molar-refractivity contribution in [3.63, 3.8) is 0 Å². The summed E-state index contributed by atoms with van der Waals surface area (Å²) in [5.74, 6) is -0.193. The number of amides is 3. The van der Waals surface area contributed by atoms with Crippen LogP contribution >= 0.6 is 23.2 Å². The number of carbonyl (C=O) groups excluding carboxylic acids is 2. The summed E-state index contributed by atoms with van der Waals surface area (Å²) in [4.78, 5) is 22.9.